The molecule has 20 heavy (non-hydrogen) atoms. The summed E-state index contributed by atoms with van der Waals surface area (Å²) in [4.78, 5) is 2.26. The highest BCUT2D eigenvalue weighted by Crippen LogP contribution is 2.31. The van der Waals surface area contributed by atoms with E-state index < -0.39 is 0 Å². The molecule has 0 aliphatic carbocycles. The zero-order chi connectivity index (χ0) is 14.5. The van der Waals surface area contributed by atoms with E-state index in [0.29, 0.717) is 5.92 Å². The van der Waals surface area contributed by atoms with Crippen molar-refractivity contribution in [3.63, 3.8) is 0 Å². The number of nitrogens with zero attached hydrogens (tertiary/aromatic N) is 1. The van der Waals surface area contributed by atoms with E-state index in [1.54, 1.807) is 0 Å². The SMILES string of the molecule is CC(N)Cc1cccc(Cl)c1N(C)CC1CCCOC1. The number of para-hydroxylation sites is 1. The van der Waals surface area contributed by atoms with Crippen LogP contribution in [0.15, 0.2) is 18.2 Å². The number of hydrogen-bond donors (Lipinski definition) is 1. The van der Waals surface area contributed by atoms with Crippen LogP contribution < -0.4 is 10.6 Å². The normalized spacial score (nSPS) is 20.7. The van der Waals surface area contributed by atoms with Crippen LogP contribution in [0.5, 0.6) is 0 Å². The molecule has 1 aliphatic rings. The van der Waals surface area contributed by atoms with E-state index in [1.807, 2.05) is 19.1 Å². The molecular formula is C16H25ClN2O. The Morgan fingerprint density at radius 3 is 2.95 bits per heavy atom. The van der Waals surface area contributed by atoms with Crippen molar-refractivity contribution in [3.8, 4) is 0 Å². The molecule has 2 atom stereocenters. The molecule has 2 N–H and O–H groups in total. The van der Waals surface area contributed by atoms with Crippen LogP contribution in [0.4, 0.5) is 5.69 Å². The van der Waals surface area contributed by atoms with Gasteiger partial charge in [0.25, 0.3) is 0 Å². The molecule has 3 nitrogen and oxygen atoms in total. The van der Waals surface area contributed by atoms with E-state index in [1.165, 1.54) is 12.0 Å². The molecular weight excluding hydrogens is 272 g/mol. The van der Waals surface area contributed by atoms with Gasteiger partial charge in [-0.15, -0.1) is 0 Å². The number of anilines is 1. The van der Waals surface area contributed by atoms with Crippen molar-refractivity contribution < 1.29 is 4.74 Å². The lowest BCUT2D eigenvalue weighted by Gasteiger charge is -2.30. The summed E-state index contributed by atoms with van der Waals surface area (Å²) in [5.74, 6) is 0.591. The van der Waals surface area contributed by atoms with Crippen LogP contribution in [0.1, 0.15) is 25.3 Å². The molecule has 1 aliphatic heterocycles. The standard InChI is InChI=1S/C16H25ClN2O/c1-12(18)9-14-6-3-7-15(17)16(14)19(2)10-13-5-4-8-20-11-13/h3,6-7,12-13H,4-5,8-11,18H2,1-2H3. The minimum Gasteiger partial charge on any atom is -0.381 e. The van der Waals surface area contributed by atoms with E-state index in [4.69, 9.17) is 22.1 Å². The lowest BCUT2D eigenvalue weighted by Crippen LogP contribution is -2.32. The lowest BCUT2D eigenvalue weighted by molar-refractivity contribution is 0.0576. The highest BCUT2D eigenvalue weighted by molar-refractivity contribution is 6.33. The summed E-state index contributed by atoms with van der Waals surface area (Å²) >= 11 is 6.41. The van der Waals surface area contributed by atoms with Crippen molar-refractivity contribution in [3.05, 3.63) is 28.8 Å². The Hall–Kier alpha value is -0.770. The molecule has 2 unspecified atom stereocenters. The van der Waals surface area contributed by atoms with Gasteiger partial charge < -0.3 is 15.4 Å². The van der Waals surface area contributed by atoms with Crippen LogP contribution in [-0.4, -0.2) is 32.8 Å². The molecule has 0 saturated carbocycles. The average molecular weight is 297 g/mol. The molecule has 1 aromatic carbocycles. The van der Waals surface area contributed by atoms with Crippen molar-refractivity contribution in [2.24, 2.45) is 11.7 Å². The van der Waals surface area contributed by atoms with E-state index in [2.05, 4.69) is 18.0 Å². The number of halogens is 1. The Kier molecular flexibility index (Phi) is 5.70. The van der Waals surface area contributed by atoms with Gasteiger partial charge in [0.15, 0.2) is 0 Å². The van der Waals surface area contributed by atoms with Crippen LogP contribution in [0.3, 0.4) is 0 Å². The summed E-state index contributed by atoms with van der Waals surface area (Å²) in [5, 5.41) is 0.808. The monoisotopic (exact) mass is 296 g/mol. The molecule has 4 heteroatoms. The molecule has 112 valence electrons. The zero-order valence-corrected chi connectivity index (χ0v) is 13.2. The van der Waals surface area contributed by atoms with Crippen molar-refractivity contribution in [1.29, 1.82) is 0 Å². The van der Waals surface area contributed by atoms with E-state index in [9.17, 15) is 0 Å². The first kappa shape index (κ1) is 15.6. The van der Waals surface area contributed by atoms with Crippen LogP contribution in [0.25, 0.3) is 0 Å². The number of hydrogen-bond acceptors (Lipinski definition) is 3. The van der Waals surface area contributed by atoms with Crippen LogP contribution in [0, 0.1) is 5.92 Å². The fourth-order valence-electron chi connectivity index (χ4n) is 2.93. The van der Waals surface area contributed by atoms with Gasteiger partial charge >= 0.3 is 0 Å². The fraction of sp³-hybridized carbons (Fsp3) is 0.625. The highest BCUT2D eigenvalue weighted by Gasteiger charge is 2.19. The summed E-state index contributed by atoms with van der Waals surface area (Å²) in [5.41, 5.74) is 8.30. The van der Waals surface area contributed by atoms with Crippen molar-refractivity contribution in [2.45, 2.75) is 32.2 Å². The minimum absolute atomic E-state index is 0.138. The third-order valence-electron chi connectivity index (χ3n) is 3.78. The van der Waals surface area contributed by atoms with E-state index in [-0.39, 0.29) is 6.04 Å². The number of nitrogens with two attached hydrogens (primary N) is 1. The Balaban J connectivity index is 2.12. The van der Waals surface area contributed by atoms with Gasteiger partial charge in [-0.1, -0.05) is 23.7 Å². The second-order valence-corrected chi connectivity index (χ2v) is 6.30. The molecule has 0 amide bonds. The maximum Gasteiger partial charge on any atom is 0.0642 e. The van der Waals surface area contributed by atoms with Crippen LogP contribution in [0.2, 0.25) is 5.02 Å². The summed E-state index contributed by atoms with van der Waals surface area (Å²) in [7, 11) is 2.11. The van der Waals surface area contributed by atoms with Gasteiger partial charge in [-0.25, -0.2) is 0 Å². The molecule has 0 radical (unpaired) electrons. The summed E-state index contributed by atoms with van der Waals surface area (Å²) < 4.78 is 5.56. The molecule has 1 aromatic rings. The second-order valence-electron chi connectivity index (χ2n) is 5.89. The van der Waals surface area contributed by atoms with Gasteiger partial charge in [-0.3, -0.25) is 0 Å². The molecule has 1 fully saturated rings. The number of rotatable bonds is 5. The second kappa shape index (κ2) is 7.30. The van der Waals surface area contributed by atoms with Gasteiger partial charge in [0.2, 0.25) is 0 Å². The lowest BCUT2D eigenvalue weighted by atomic mass is 10.00. The van der Waals surface area contributed by atoms with Gasteiger partial charge in [-0.2, -0.15) is 0 Å². The molecule has 1 heterocycles. The first-order valence-corrected chi connectivity index (χ1v) is 7.77. The largest absolute Gasteiger partial charge is 0.381 e. The molecule has 1 saturated heterocycles. The predicted octanol–water partition coefficient (Wildman–Crippen LogP) is 3.09. The number of benzene rings is 1. The Labute approximate surface area is 127 Å². The first-order chi connectivity index (χ1) is 9.58. The first-order valence-electron chi connectivity index (χ1n) is 7.39. The number of ether oxygens (including phenoxy) is 1. The highest BCUT2D eigenvalue weighted by atomic mass is 35.5. The molecule has 0 bridgehead atoms. The smallest absolute Gasteiger partial charge is 0.0642 e. The third kappa shape index (κ3) is 4.11. The maximum atomic E-state index is 6.41. The van der Waals surface area contributed by atoms with E-state index >= 15 is 0 Å². The summed E-state index contributed by atoms with van der Waals surface area (Å²) in [6.07, 6.45) is 3.24. The zero-order valence-electron chi connectivity index (χ0n) is 12.4. The topological polar surface area (TPSA) is 38.5 Å². The Morgan fingerprint density at radius 2 is 2.30 bits per heavy atom. The van der Waals surface area contributed by atoms with Gasteiger partial charge in [0.1, 0.15) is 0 Å². The third-order valence-corrected chi connectivity index (χ3v) is 4.09. The average Bonchev–Trinajstić information content (AvgIpc) is 2.39. The van der Waals surface area contributed by atoms with Crippen LogP contribution >= 0.6 is 11.6 Å². The van der Waals surface area contributed by atoms with Crippen molar-refractivity contribution in [1.82, 2.24) is 0 Å². The molecule has 2 rings (SSSR count). The Bertz CT molecular complexity index is 430. The quantitative estimate of drug-likeness (QED) is 0.907. The maximum absolute atomic E-state index is 6.41. The van der Waals surface area contributed by atoms with Crippen molar-refractivity contribution >= 4 is 17.3 Å². The van der Waals surface area contributed by atoms with Crippen LogP contribution in [-0.2, 0) is 11.2 Å². The summed E-state index contributed by atoms with van der Waals surface area (Å²) in [6.45, 7) is 4.77. The van der Waals surface area contributed by atoms with Gasteiger partial charge in [-0.05, 0) is 43.7 Å². The molecule has 0 aromatic heterocycles. The van der Waals surface area contributed by atoms with Gasteiger partial charge in [0, 0.05) is 26.2 Å². The molecule has 0 spiro atoms. The van der Waals surface area contributed by atoms with Gasteiger partial charge in [0.05, 0.1) is 17.3 Å². The fourth-order valence-corrected chi connectivity index (χ4v) is 3.27. The summed E-state index contributed by atoms with van der Waals surface area (Å²) in [6, 6.07) is 6.22. The van der Waals surface area contributed by atoms with E-state index in [0.717, 1.165) is 43.3 Å². The predicted molar refractivity (Wildman–Crippen MR) is 85.6 cm³/mol. The minimum atomic E-state index is 0.138. The van der Waals surface area contributed by atoms with Crippen molar-refractivity contribution in [2.75, 3.05) is 31.7 Å². The Morgan fingerprint density at radius 1 is 1.50 bits per heavy atom.